The summed E-state index contributed by atoms with van der Waals surface area (Å²) in [6.07, 6.45) is 0.955. The molecule has 10 heteroatoms. The molecule has 0 radical (unpaired) electrons. The van der Waals surface area contributed by atoms with Crippen LogP contribution in [-0.4, -0.2) is 62.3 Å². The summed E-state index contributed by atoms with van der Waals surface area (Å²) < 4.78 is 10.5. The van der Waals surface area contributed by atoms with Gasteiger partial charge in [0.25, 0.3) is 5.69 Å². The van der Waals surface area contributed by atoms with Crippen LogP contribution in [0.3, 0.4) is 0 Å². The van der Waals surface area contributed by atoms with E-state index in [2.05, 4.69) is 15.2 Å². The molecule has 1 aromatic rings. The predicted octanol–water partition coefficient (Wildman–Crippen LogP) is 1.35. The predicted molar refractivity (Wildman–Crippen MR) is 110 cm³/mol. The number of rotatable bonds is 8. The van der Waals surface area contributed by atoms with Crippen LogP contribution < -0.4 is 15.8 Å². The molecule has 9 nitrogen and oxygen atoms in total. The number of methoxy groups -OCH3 is 1. The molecule has 1 fully saturated rings. The van der Waals surface area contributed by atoms with Crippen LogP contribution in [0.4, 0.5) is 5.69 Å². The summed E-state index contributed by atoms with van der Waals surface area (Å²) in [7, 11) is 1.52. The van der Waals surface area contributed by atoms with Gasteiger partial charge < -0.3 is 20.5 Å². The van der Waals surface area contributed by atoms with Crippen LogP contribution in [0.15, 0.2) is 23.2 Å². The van der Waals surface area contributed by atoms with Crippen molar-refractivity contribution in [3.8, 4) is 5.75 Å². The van der Waals surface area contributed by atoms with Crippen molar-refractivity contribution in [2.75, 3.05) is 46.5 Å². The van der Waals surface area contributed by atoms with Crippen molar-refractivity contribution in [3.05, 3.63) is 33.9 Å². The molecule has 0 spiro atoms. The lowest BCUT2D eigenvalue weighted by Gasteiger charge is -2.26. The van der Waals surface area contributed by atoms with Crippen molar-refractivity contribution in [2.45, 2.75) is 13.0 Å². The summed E-state index contributed by atoms with van der Waals surface area (Å²) >= 11 is 0. The van der Waals surface area contributed by atoms with Crippen LogP contribution in [0.1, 0.15) is 12.0 Å². The molecule has 1 aliphatic heterocycles. The summed E-state index contributed by atoms with van der Waals surface area (Å²) in [6.45, 7) is 5.45. The van der Waals surface area contributed by atoms with E-state index in [-0.39, 0.29) is 36.2 Å². The molecule has 0 aliphatic carbocycles. The standard InChI is InChI=1S/C16H25N5O4.HI/c1-24-15-4-3-14(21(22)23)11-13(15)12-19-16(17)18-5-2-6-20-7-9-25-10-8-20;/h3-4,11H,2,5-10,12H2,1H3,(H3,17,18,19);1H. The van der Waals surface area contributed by atoms with Gasteiger partial charge in [-0.3, -0.25) is 15.0 Å². The second kappa shape index (κ2) is 11.9. The van der Waals surface area contributed by atoms with Crippen molar-refractivity contribution in [1.82, 2.24) is 10.2 Å². The van der Waals surface area contributed by atoms with Crippen molar-refractivity contribution >= 4 is 35.6 Å². The highest BCUT2D eigenvalue weighted by molar-refractivity contribution is 14.0. The molecule has 0 bridgehead atoms. The number of morpholine rings is 1. The molecule has 0 unspecified atom stereocenters. The number of nitrogens with one attached hydrogen (secondary N) is 1. The maximum Gasteiger partial charge on any atom is 0.270 e. The van der Waals surface area contributed by atoms with E-state index in [9.17, 15) is 10.1 Å². The highest BCUT2D eigenvalue weighted by Crippen LogP contribution is 2.24. The Labute approximate surface area is 170 Å². The van der Waals surface area contributed by atoms with Gasteiger partial charge in [-0.05, 0) is 19.0 Å². The highest BCUT2D eigenvalue weighted by Gasteiger charge is 2.11. The molecular weight excluding hydrogens is 453 g/mol. The lowest BCUT2D eigenvalue weighted by molar-refractivity contribution is -0.384. The second-order valence-electron chi connectivity index (χ2n) is 5.69. The molecule has 1 saturated heterocycles. The van der Waals surface area contributed by atoms with E-state index in [4.69, 9.17) is 15.2 Å². The fourth-order valence-corrected chi connectivity index (χ4v) is 2.57. The zero-order chi connectivity index (χ0) is 18.1. The third kappa shape index (κ3) is 7.30. The number of hydrogen-bond acceptors (Lipinski definition) is 6. The molecule has 26 heavy (non-hydrogen) atoms. The summed E-state index contributed by atoms with van der Waals surface area (Å²) in [5.41, 5.74) is 6.48. The number of ether oxygens (including phenoxy) is 2. The number of aliphatic imine (C=N–C) groups is 1. The van der Waals surface area contributed by atoms with Gasteiger partial charge in [0.05, 0.1) is 31.8 Å². The lowest BCUT2D eigenvalue weighted by Crippen LogP contribution is -2.39. The first kappa shape index (κ1) is 22.4. The maximum atomic E-state index is 10.9. The fraction of sp³-hybridized carbons (Fsp3) is 0.562. The minimum absolute atomic E-state index is 0. The zero-order valence-corrected chi connectivity index (χ0v) is 17.2. The highest BCUT2D eigenvalue weighted by atomic mass is 127. The van der Waals surface area contributed by atoms with Crippen molar-refractivity contribution in [2.24, 2.45) is 10.7 Å². The van der Waals surface area contributed by atoms with Gasteiger partial charge in [0, 0.05) is 37.3 Å². The first-order chi connectivity index (χ1) is 12.1. The second-order valence-corrected chi connectivity index (χ2v) is 5.69. The van der Waals surface area contributed by atoms with Gasteiger partial charge in [-0.15, -0.1) is 24.0 Å². The number of nitrogens with two attached hydrogens (primary N) is 1. The van der Waals surface area contributed by atoms with Crippen LogP contribution in [-0.2, 0) is 11.3 Å². The fourth-order valence-electron chi connectivity index (χ4n) is 2.57. The maximum absolute atomic E-state index is 10.9. The van der Waals surface area contributed by atoms with Crippen molar-refractivity contribution in [3.63, 3.8) is 0 Å². The number of benzene rings is 1. The van der Waals surface area contributed by atoms with Crippen LogP contribution in [0.25, 0.3) is 0 Å². The Morgan fingerprint density at radius 2 is 2.19 bits per heavy atom. The number of non-ortho nitro benzene ring substituents is 1. The molecule has 1 aliphatic rings. The summed E-state index contributed by atoms with van der Waals surface area (Å²) in [5.74, 6) is 0.866. The van der Waals surface area contributed by atoms with Crippen LogP contribution in [0, 0.1) is 10.1 Å². The Kier molecular flexibility index (Phi) is 10.2. The molecule has 0 saturated carbocycles. The number of nitro groups is 1. The quantitative estimate of drug-likeness (QED) is 0.144. The molecule has 3 N–H and O–H groups in total. The van der Waals surface area contributed by atoms with Gasteiger partial charge in [0.1, 0.15) is 5.75 Å². The van der Waals surface area contributed by atoms with Crippen LogP contribution >= 0.6 is 24.0 Å². The summed E-state index contributed by atoms with van der Waals surface area (Å²) in [4.78, 5) is 17.0. The Bertz CT molecular complexity index is 608. The minimum atomic E-state index is -0.445. The van der Waals surface area contributed by atoms with Gasteiger partial charge in [-0.25, -0.2) is 4.99 Å². The van der Waals surface area contributed by atoms with Crippen molar-refractivity contribution < 1.29 is 14.4 Å². The largest absolute Gasteiger partial charge is 0.496 e. The number of hydrogen-bond donors (Lipinski definition) is 2. The minimum Gasteiger partial charge on any atom is -0.496 e. The third-order valence-corrected chi connectivity index (χ3v) is 3.96. The number of halogens is 1. The molecule has 146 valence electrons. The third-order valence-electron chi connectivity index (χ3n) is 3.96. The Hall–Kier alpha value is -1.66. The van der Waals surface area contributed by atoms with E-state index >= 15 is 0 Å². The molecule has 1 heterocycles. The molecule has 2 rings (SSSR count). The SMILES string of the molecule is COc1ccc([N+](=O)[O-])cc1CN=C(N)NCCCN1CCOCC1.I. The number of nitrogens with zero attached hydrogens (tertiary/aromatic N) is 3. The molecule has 1 aromatic carbocycles. The molecule has 0 aromatic heterocycles. The lowest BCUT2D eigenvalue weighted by atomic mass is 10.2. The Morgan fingerprint density at radius 1 is 1.46 bits per heavy atom. The number of nitro benzene ring substituents is 1. The Morgan fingerprint density at radius 3 is 2.85 bits per heavy atom. The zero-order valence-electron chi connectivity index (χ0n) is 14.8. The van der Waals surface area contributed by atoms with Crippen molar-refractivity contribution in [1.29, 1.82) is 0 Å². The van der Waals surface area contributed by atoms with Crippen LogP contribution in [0.2, 0.25) is 0 Å². The normalized spacial score (nSPS) is 15.2. The van der Waals surface area contributed by atoms with E-state index in [1.54, 1.807) is 6.07 Å². The topological polar surface area (TPSA) is 115 Å². The van der Waals surface area contributed by atoms with E-state index in [0.717, 1.165) is 45.8 Å². The Balaban J connectivity index is 0.00000338. The summed E-state index contributed by atoms with van der Waals surface area (Å²) in [6, 6.07) is 4.42. The van der Waals surface area contributed by atoms with Gasteiger partial charge in [-0.2, -0.15) is 0 Å². The van der Waals surface area contributed by atoms with Gasteiger partial charge in [0.2, 0.25) is 0 Å². The average Bonchev–Trinajstić information content (AvgIpc) is 2.64. The summed E-state index contributed by atoms with van der Waals surface area (Å²) in [5, 5.41) is 13.9. The molecule has 0 amide bonds. The van der Waals surface area contributed by atoms with Crippen LogP contribution in [0.5, 0.6) is 5.75 Å². The van der Waals surface area contributed by atoms with Gasteiger partial charge in [-0.1, -0.05) is 0 Å². The molecule has 0 atom stereocenters. The van der Waals surface area contributed by atoms with E-state index in [1.807, 2.05) is 0 Å². The van der Waals surface area contributed by atoms with E-state index in [0.29, 0.717) is 17.3 Å². The van der Waals surface area contributed by atoms with E-state index < -0.39 is 4.92 Å². The van der Waals surface area contributed by atoms with Gasteiger partial charge >= 0.3 is 0 Å². The number of guanidine groups is 1. The van der Waals surface area contributed by atoms with E-state index in [1.165, 1.54) is 19.2 Å². The van der Waals surface area contributed by atoms with Gasteiger partial charge in [0.15, 0.2) is 5.96 Å². The smallest absolute Gasteiger partial charge is 0.270 e. The monoisotopic (exact) mass is 479 g/mol. The molecular formula is C16H26IN5O4. The first-order valence-electron chi connectivity index (χ1n) is 8.25. The average molecular weight is 479 g/mol. The first-order valence-corrected chi connectivity index (χ1v) is 8.25.